The lowest BCUT2D eigenvalue weighted by molar-refractivity contribution is -0.000278. The SMILES string of the molecule is C#C[C@H]1CCC2[C@@H](O[Si](C)(C)C(C)(C)C)CCC[C@@]21C. The van der Waals surface area contributed by atoms with Gasteiger partial charge in [-0.25, -0.2) is 0 Å². The van der Waals surface area contributed by atoms with Gasteiger partial charge in [-0.05, 0) is 55.1 Å². The minimum absolute atomic E-state index is 0.297. The van der Waals surface area contributed by atoms with Gasteiger partial charge in [-0.2, -0.15) is 0 Å². The standard InChI is InChI=1S/C18H32OSi/c1-8-14-11-12-15-16(10-9-13-18(14,15)5)19-20(6,7)17(2,3)4/h1,14-16H,9-13H2,2-7H3/t14-,15?,16-,18+/m0/s1. The highest BCUT2D eigenvalue weighted by molar-refractivity contribution is 6.74. The van der Waals surface area contributed by atoms with Crippen LogP contribution >= 0.6 is 0 Å². The lowest BCUT2D eigenvalue weighted by Gasteiger charge is -2.48. The molecule has 0 aromatic rings. The highest BCUT2D eigenvalue weighted by Crippen LogP contribution is 2.56. The van der Waals surface area contributed by atoms with Gasteiger partial charge in [0, 0.05) is 12.0 Å². The zero-order valence-electron chi connectivity index (χ0n) is 14.3. The lowest BCUT2D eigenvalue weighted by Crippen LogP contribution is -2.49. The maximum absolute atomic E-state index is 6.79. The molecule has 20 heavy (non-hydrogen) atoms. The Labute approximate surface area is 127 Å². The Morgan fingerprint density at radius 3 is 2.40 bits per heavy atom. The Morgan fingerprint density at radius 1 is 1.20 bits per heavy atom. The van der Waals surface area contributed by atoms with Gasteiger partial charge in [-0.1, -0.05) is 34.1 Å². The molecule has 2 heteroatoms. The van der Waals surface area contributed by atoms with Gasteiger partial charge in [0.15, 0.2) is 8.32 Å². The summed E-state index contributed by atoms with van der Waals surface area (Å²) >= 11 is 0. The fourth-order valence-corrected chi connectivity index (χ4v) is 5.48. The van der Waals surface area contributed by atoms with Crippen LogP contribution in [0.3, 0.4) is 0 Å². The molecular formula is C18H32OSi. The molecule has 1 unspecified atom stereocenters. The van der Waals surface area contributed by atoms with E-state index in [1.165, 1.54) is 32.1 Å². The van der Waals surface area contributed by atoms with Crippen LogP contribution in [0.1, 0.15) is 59.8 Å². The smallest absolute Gasteiger partial charge is 0.192 e. The van der Waals surface area contributed by atoms with Gasteiger partial charge in [0.1, 0.15) is 0 Å². The van der Waals surface area contributed by atoms with Crippen molar-refractivity contribution in [2.75, 3.05) is 0 Å². The second-order valence-electron chi connectivity index (χ2n) is 8.72. The summed E-state index contributed by atoms with van der Waals surface area (Å²) in [6.45, 7) is 14.2. The molecule has 0 amide bonds. The molecule has 2 saturated carbocycles. The molecule has 2 fully saturated rings. The third-order valence-corrected chi connectivity index (χ3v) is 11.0. The molecule has 0 bridgehead atoms. The van der Waals surface area contributed by atoms with Crippen molar-refractivity contribution < 1.29 is 4.43 Å². The molecule has 0 N–H and O–H groups in total. The normalized spacial score (nSPS) is 38.4. The second kappa shape index (κ2) is 5.18. The topological polar surface area (TPSA) is 9.23 Å². The average Bonchev–Trinajstić information content (AvgIpc) is 2.64. The molecule has 0 spiro atoms. The van der Waals surface area contributed by atoms with E-state index in [1.807, 2.05) is 0 Å². The van der Waals surface area contributed by atoms with E-state index in [9.17, 15) is 0 Å². The van der Waals surface area contributed by atoms with E-state index < -0.39 is 8.32 Å². The number of rotatable bonds is 2. The van der Waals surface area contributed by atoms with Crippen molar-refractivity contribution >= 4 is 8.32 Å². The van der Waals surface area contributed by atoms with Crippen LogP contribution in [0.4, 0.5) is 0 Å². The Morgan fingerprint density at radius 2 is 1.85 bits per heavy atom. The summed E-state index contributed by atoms with van der Waals surface area (Å²) in [6.07, 6.45) is 12.5. The summed E-state index contributed by atoms with van der Waals surface area (Å²) in [5.41, 5.74) is 0.333. The largest absolute Gasteiger partial charge is 0.414 e. The third-order valence-electron chi connectivity index (χ3n) is 6.52. The Hall–Kier alpha value is -0.263. The first-order valence-corrected chi connectivity index (χ1v) is 11.2. The van der Waals surface area contributed by atoms with E-state index in [-0.39, 0.29) is 0 Å². The summed E-state index contributed by atoms with van der Waals surface area (Å²) in [7, 11) is -1.67. The predicted molar refractivity (Wildman–Crippen MR) is 89.1 cm³/mol. The quantitative estimate of drug-likeness (QED) is 0.500. The highest BCUT2D eigenvalue weighted by atomic mass is 28.4. The minimum atomic E-state index is -1.67. The molecular weight excluding hydrogens is 260 g/mol. The molecule has 0 aromatic heterocycles. The van der Waals surface area contributed by atoms with Gasteiger partial charge in [0.25, 0.3) is 0 Å². The maximum Gasteiger partial charge on any atom is 0.192 e. The van der Waals surface area contributed by atoms with Crippen molar-refractivity contribution in [1.82, 2.24) is 0 Å². The molecule has 2 aliphatic carbocycles. The van der Waals surface area contributed by atoms with Gasteiger partial charge in [-0.15, -0.1) is 12.3 Å². The summed E-state index contributed by atoms with van der Waals surface area (Å²) in [5.74, 6) is 4.23. The summed E-state index contributed by atoms with van der Waals surface area (Å²) in [5, 5.41) is 0.297. The maximum atomic E-state index is 6.79. The number of hydrogen-bond acceptors (Lipinski definition) is 1. The van der Waals surface area contributed by atoms with E-state index in [1.54, 1.807) is 0 Å². The molecule has 1 nitrogen and oxygen atoms in total. The van der Waals surface area contributed by atoms with Crippen LogP contribution in [0.5, 0.6) is 0 Å². The molecule has 0 aromatic carbocycles. The number of fused-ring (bicyclic) bond motifs is 1. The van der Waals surface area contributed by atoms with E-state index in [2.05, 4.69) is 46.7 Å². The van der Waals surface area contributed by atoms with Crippen molar-refractivity contribution in [2.24, 2.45) is 17.3 Å². The monoisotopic (exact) mass is 292 g/mol. The average molecular weight is 293 g/mol. The fraction of sp³-hybridized carbons (Fsp3) is 0.889. The van der Waals surface area contributed by atoms with Gasteiger partial charge in [0.2, 0.25) is 0 Å². The van der Waals surface area contributed by atoms with E-state index in [0.717, 1.165) is 0 Å². The molecule has 0 saturated heterocycles. The van der Waals surface area contributed by atoms with Gasteiger partial charge in [0.05, 0.1) is 0 Å². The second-order valence-corrected chi connectivity index (χ2v) is 13.5. The van der Waals surface area contributed by atoms with Crippen LogP contribution < -0.4 is 0 Å². The Balaban J connectivity index is 2.17. The molecule has 114 valence electrons. The zero-order valence-corrected chi connectivity index (χ0v) is 15.3. The highest BCUT2D eigenvalue weighted by Gasteiger charge is 2.52. The lowest BCUT2D eigenvalue weighted by atomic mass is 9.64. The van der Waals surface area contributed by atoms with Gasteiger partial charge in [-0.3, -0.25) is 0 Å². The molecule has 0 heterocycles. The van der Waals surface area contributed by atoms with Gasteiger partial charge < -0.3 is 4.43 Å². The summed E-state index contributed by atoms with van der Waals surface area (Å²) in [4.78, 5) is 0. The Bertz CT molecular complexity index is 401. The summed E-state index contributed by atoms with van der Waals surface area (Å²) in [6, 6.07) is 0. The third kappa shape index (κ3) is 2.60. The molecule has 0 radical (unpaired) electrons. The fourth-order valence-electron chi connectivity index (χ4n) is 4.09. The molecule has 2 rings (SSSR count). The van der Waals surface area contributed by atoms with Crippen molar-refractivity contribution in [3.63, 3.8) is 0 Å². The molecule has 0 aliphatic heterocycles. The first kappa shape index (κ1) is 16.1. The van der Waals surface area contributed by atoms with Crippen molar-refractivity contribution in [3.8, 4) is 12.3 Å². The first-order chi connectivity index (χ1) is 9.12. The van der Waals surface area contributed by atoms with Crippen LogP contribution in [0, 0.1) is 29.6 Å². The van der Waals surface area contributed by atoms with Crippen LogP contribution in [0.2, 0.25) is 18.1 Å². The van der Waals surface area contributed by atoms with Crippen molar-refractivity contribution in [3.05, 3.63) is 0 Å². The van der Waals surface area contributed by atoms with E-state index >= 15 is 0 Å². The van der Waals surface area contributed by atoms with Gasteiger partial charge >= 0.3 is 0 Å². The first-order valence-electron chi connectivity index (χ1n) is 8.26. The molecule has 4 atom stereocenters. The van der Waals surface area contributed by atoms with Crippen LogP contribution in [-0.4, -0.2) is 14.4 Å². The van der Waals surface area contributed by atoms with Crippen LogP contribution in [0.25, 0.3) is 0 Å². The zero-order chi connectivity index (χ0) is 15.2. The predicted octanol–water partition coefficient (Wildman–Crippen LogP) is 5.23. The molecule has 2 aliphatic rings. The summed E-state index contributed by atoms with van der Waals surface area (Å²) < 4.78 is 6.79. The minimum Gasteiger partial charge on any atom is -0.414 e. The number of hydrogen-bond donors (Lipinski definition) is 0. The van der Waals surface area contributed by atoms with Crippen molar-refractivity contribution in [1.29, 1.82) is 0 Å². The van der Waals surface area contributed by atoms with E-state index in [0.29, 0.717) is 28.4 Å². The van der Waals surface area contributed by atoms with Crippen LogP contribution in [-0.2, 0) is 4.43 Å². The Kier molecular flexibility index (Phi) is 4.17. The van der Waals surface area contributed by atoms with Crippen molar-refractivity contribution in [2.45, 2.75) is 84.0 Å². The number of terminal acetylenes is 1. The van der Waals surface area contributed by atoms with Crippen LogP contribution in [0.15, 0.2) is 0 Å². The van der Waals surface area contributed by atoms with E-state index in [4.69, 9.17) is 10.8 Å².